The third-order valence-electron chi connectivity index (χ3n) is 3.99. The smallest absolute Gasteiger partial charge is 0.301 e. The topological polar surface area (TPSA) is 120 Å². The molecular formula is C20H15ClN4O5. The minimum absolute atomic E-state index is 0.0461. The number of non-ortho nitro benzene ring substituents is 1. The van der Waals surface area contributed by atoms with Crippen molar-refractivity contribution < 1.29 is 14.6 Å². The molecule has 0 fully saturated rings. The van der Waals surface area contributed by atoms with Crippen molar-refractivity contribution >= 4 is 34.9 Å². The Kier molecular flexibility index (Phi) is 6.56. The van der Waals surface area contributed by atoms with Crippen LogP contribution in [0.1, 0.15) is 11.1 Å². The molecule has 0 aromatic heterocycles. The molecule has 1 N–H and O–H groups in total. The number of nitro benzene ring substituents is 2. The summed E-state index contributed by atoms with van der Waals surface area (Å²) in [5, 5.41) is 26.5. The zero-order valence-electron chi connectivity index (χ0n) is 15.4. The molecule has 0 unspecified atom stereocenters. The molecule has 0 saturated heterocycles. The van der Waals surface area contributed by atoms with Crippen LogP contribution >= 0.6 is 11.6 Å². The van der Waals surface area contributed by atoms with Crippen LogP contribution in [0.3, 0.4) is 0 Å². The van der Waals surface area contributed by atoms with Crippen LogP contribution in [0.4, 0.5) is 17.1 Å². The maximum atomic E-state index is 11.1. The first-order valence-corrected chi connectivity index (χ1v) is 8.99. The van der Waals surface area contributed by atoms with Gasteiger partial charge in [-0.2, -0.15) is 5.10 Å². The van der Waals surface area contributed by atoms with Crippen molar-refractivity contribution in [1.29, 1.82) is 0 Å². The first kappa shape index (κ1) is 20.7. The molecule has 152 valence electrons. The predicted octanol–water partition coefficient (Wildman–Crippen LogP) is 5.18. The van der Waals surface area contributed by atoms with E-state index in [1.165, 1.54) is 12.3 Å². The molecule has 0 aliphatic heterocycles. The summed E-state index contributed by atoms with van der Waals surface area (Å²) in [5.41, 5.74) is 3.49. The lowest BCUT2D eigenvalue weighted by Crippen LogP contribution is -1.99. The largest absolute Gasteiger partial charge is 0.489 e. The molecule has 0 bridgehead atoms. The summed E-state index contributed by atoms with van der Waals surface area (Å²) in [7, 11) is 0. The number of nitrogens with zero attached hydrogens (tertiary/aromatic N) is 3. The molecular weight excluding hydrogens is 412 g/mol. The van der Waals surface area contributed by atoms with Crippen LogP contribution in [-0.2, 0) is 6.61 Å². The SMILES string of the molecule is O=[N+]([O-])c1ccc(NN=Cc2ccc(OCc3ccc(Cl)cc3)cc2)c([N+](=O)[O-])c1. The van der Waals surface area contributed by atoms with Crippen molar-refractivity contribution in [2.75, 3.05) is 5.43 Å². The van der Waals surface area contributed by atoms with Crippen LogP contribution < -0.4 is 10.2 Å². The fourth-order valence-electron chi connectivity index (χ4n) is 2.45. The van der Waals surface area contributed by atoms with Gasteiger partial charge >= 0.3 is 5.69 Å². The van der Waals surface area contributed by atoms with Crippen LogP contribution in [0, 0.1) is 20.2 Å². The van der Waals surface area contributed by atoms with Gasteiger partial charge in [-0.05, 0) is 53.6 Å². The van der Waals surface area contributed by atoms with Gasteiger partial charge in [-0.1, -0.05) is 23.7 Å². The Labute approximate surface area is 175 Å². The van der Waals surface area contributed by atoms with Crippen LogP contribution in [-0.4, -0.2) is 16.1 Å². The Balaban J connectivity index is 1.61. The minimum Gasteiger partial charge on any atom is -0.489 e. The van der Waals surface area contributed by atoms with Crippen LogP contribution in [0.2, 0.25) is 5.02 Å². The molecule has 3 aromatic carbocycles. The second-order valence-electron chi connectivity index (χ2n) is 6.07. The minimum atomic E-state index is -0.711. The van der Waals surface area contributed by atoms with Crippen LogP contribution in [0.25, 0.3) is 0 Å². The Morgan fingerprint density at radius 1 is 0.967 bits per heavy atom. The lowest BCUT2D eigenvalue weighted by atomic mass is 10.2. The molecule has 0 aliphatic rings. The number of hydrogen-bond donors (Lipinski definition) is 1. The van der Waals surface area contributed by atoms with Crippen LogP contribution in [0.15, 0.2) is 71.8 Å². The van der Waals surface area contributed by atoms with Gasteiger partial charge in [0.05, 0.1) is 22.1 Å². The summed E-state index contributed by atoms with van der Waals surface area (Å²) in [6.07, 6.45) is 1.47. The highest BCUT2D eigenvalue weighted by Crippen LogP contribution is 2.28. The van der Waals surface area contributed by atoms with Gasteiger partial charge in [0, 0.05) is 11.1 Å². The third kappa shape index (κ3) is 5.52. The first-order chi connectivity index (χ1) is 14.4. The summed E-state index contributed by atoms with van der Waals surface area (Å²) in [4.78, 5) is 20.5. The van der Waals surface area contributed by atoms with Gasteiger partial charge in [0.1, 0.15) is 18.0 Å². The van der Waals surface area contributed by atoms with Crippen molar-refractivity contribution in [3.8, 4) is 5.75 Å². The molecule has 0 spiro atoms. The number of benzene rings is 3. The molecule has 0 atom stereocenters. The Hall–Kier alpha value is -3.98. The number of nitrogens with one attached hydrogen (secondary N) is 1. The van der Waals surface area contributed by atoms with E-state index in [0.29, 0.717) is 17.4 Å². The van der Waals surface area contributed by atoms with Crippen LogP contribution in [0.5, 0.6) is 5.75 Å². The monoisotopic (exact) mass is 426 g/mol. The molecule has 10 heteroatoms. The average molecular weight is 427 g/mol. The van der Waals surface area contributed by atoms with E-state index in [1.54, 1.807) is 36.4 Å². The van der Waals surface area contributed by atoms with Gasteiger partial charge in [0.2, 0.25) is 0 Å². The van der Waals surface area contributed by atoms with Gasteiger partial charge in [0.15, 0.2) is 0 Å². The summed E-state index contributed by atoms with van der Waals surface area (Å²) < 4.78 is 5.70. The molecule has 0 aliphatic carbocycles. The van der Waals surface area contributed by atoms with E-state index in [2.05, 4.69) is 10.5 Å². The number of nitro groups is 2. The van der Waals surface area contributed by atoms with Crippen molar-refractivity contribution in [2.24, 2.45) is 5.10 Å². The third-order valence-corrected chi connectivity index (χ3v) is 4.24. The van der Waals surface area contributed by atoms with E-state index in [9.17, 15) is 20.2 Å². The molecule has 3 aromatic rings. The Bertz CT molecular complexity index is 1090. The van der Waals surface area contributed by atoms with E-state index in [1.807, 2.05) is 12.1 Å². The second kappa shape index (κ2) is 9.48. The summed E-state index contributed by atoms with van der Waals surface area (Å²) in [6, 6.07) is 17.7. The number of halogens is 1. The number of anilines is 1. The highest BCUT2D eigenvalue weighted by Gasteiger charge is 2.19. The number of ether oxygens (including phenoxy) is 1. The van der Waals surface area contributed by atoms with Gasteiger partial charge in [0.25, 0.3) is 5.69 Å². The molecule has 0 amide bonds. The molecule has 0 heterocycles. The number of hydrogen-bond acceptors (Lipinski definition) is 7. The Morgan fingerprint density at radius 2 is 1.67 bits per heavy atom. The zero-order valence-corrected chi connectivity index (χ0v) is 16.2. The quantitative estimate of drug-likeness (QED) is 0.301. The Morgan fingerprint density at radius 3 is 2.30 bits per heavy atom. The number of rotatable bonds is 8. The van der Waals surface area contributed by atoms with Crippen molar-refractivity contribution in [3.63, 3.8) is 0 Å². The molecule has 30 heavy (non-hydrogen) atoms. The van der Waals surface area contributed by atoms with Crippen molar-refractivity contribution in [2.45, 2.75) is 6.61 Å². The lowest BCUT2D eigenvalue weighted by Gasteiger charge is -2.06. The maximum Gasteiger partial charge on any atom is 0.301 e. The van der Waals surface area contributed by atoms with E-state index in [-0.39, 0.29) is 11.4 Å². The fourth-order valence-corrected chi connectivity index (χ4v) is 2.58. The van der Waals surface area contributed by atoms with E-state index < -0.39 is 15.5 Å². The highest BCUT2D eigenvalue weighted by atomic mass is 35.5. The molecule has 9 nitrogen and oxygen atoms in total. The van der Waals surface area contributed by atoms with E-state index >= 15 is 0 Å². The summed E-state index contributed by atoms with van der Waals surface area (Å²) >= 11 is 5.85. The van der Waals surface area contributed by atoms with Crippen molar-refractivity contribution in [1.82, 2.24) is 0 Å². The first-order valence-electron chi connectivity index (χ1n) is 8.61. The lowest BCUT2D eigenvalue weighted by molar-refractivity contribution is -0.393. The summed E-state index contributed by atoms with van der Waals surface area (Å²) in [5.74, 6) is 0.668. The molecule has 0 saturated carbocycles. The molecule has 0 radical (unpaired) electrons. The second-order valence-corrected chi connectivity index (χ2v) is 6.51. The van der Waals surface area contributed by atoms with E-state index in [4.69, 9.17) is 16.3 Å². The zero-order chi connectivity index (χ0) is 21.5. The van der Waals surface area contributed by atoms with Gasteiger partial charge in [-0.15, -0.1) is 0 Å². The highest BCUT2D eigenvalue weighted by molar-refractivity contribution is 6.30. The average Bonchev–Trinajstić information content (AvgIpc) is 2.74. The van der Waals surface area contributed by atoms with Gasteiger partial charge in [-0.3, -0.25) is 25.7 Å². The fraction of sp³-hybridized carbons (Fsp3) is 0.0500. The maximum absolute atomic E-state index is 11.1. The molecule has 3 rings (SSSR count). The predicted molar refractivity (Wildman–Crippen MR) is 113 cm³/mol. The summed E-state index contributed by atoms with van der Waals surface area (Å²) in [6.45, 7) is 0.399. The van der Waals surface area contributed by atoms with Gasteiger partial charge < -0.3 is 4.74 Å². The normalized spacial score (nSPS) is 10.7. The standard InChI is InChI=1S/C20H15ClN4O5/c21-16-5-1-15(2-6-16)13-30-18-8-3-14(4-9-18)12-22-23-19-10-7-17(24(26)27)11-20(19)25(28)29/h1-12,23H,13H2. The van der Waals surface area contributed by atoms with E-state index in [0.717, 1.165) is 23.3 Å². The number of hydrazone groups is 1. The van der Waals surface area contributed by atoms with Gasteiger partial charge in [-0.25, -0.2) is 0 Å². The van der Waals surface area contributed by atoms with Crippen molar-refractivity contribution in [3.05, 3.63) is 103 Å².